The molecule has 0 aliphatic carbocycles. The Labute approximate surface area is 228 Å². The van der Waals surface area contributed by atoms with Gasteiger partial charge in [0, 0.05) is 24.7 Å². The smallest absolute Gasteiger partial charge is 0.295 e. The Balaban J connectivity index is 1.54. The molecule has 0 aromatic heterocycles. The summed E-state index contributed by atoms with van der Waals surface area (Å²) in [5.41, 5.74) is 1.13. The summed E-state index contributed by atoms with van der Waals surface area (Å²) in [4.78, 5) is 44.1. The third-order valence-corrected chi connectivity index (χ3v) is 7.55. The monoisotopic (exact) mass is 540 g/mol. The van der Waals surface area contributed by atoms with E-state index in [2.05, 4.69) is 0 Å². The van der Waals surface area contributed by atoms with E-state index in [1.807, 2.05) is 23.1 Å². The number of benzene rings is 2. The Bertz CT molecular complexity index is 1200. The molecule has 2 bridgehead atoms. The van der Waals surface area contributed by atoms with Gasteiger partial charge in [-0.1, -0.05) is 6.07 Å². The van der Waals surface area contributed by atoms with Crippen molar-refractivity contribution in [3.8, 4) is 28.7 Å². The van der Waals surface area contributed by atoms with Crippen molar-refractivity contribution in [3.63, 3.8) is 0 Å². The molecule has 2 amide bonds. The number of ketones is 1. The van der Waals surface area contributed by atoms with E-state index in [-0.39, 0.29) is 29.0 Å². The second-order valence-corrected chi connectivity index (χ2v) is 9.61. The predicted octanol–water partition coefficient (Wildman–Crippen LogP) is 3.14. The Morgan fingerprint density at radius 1 is 0.821 bits per heavy atom. The number of amides is 2. The van der Waals surface area contributed by atoms with Crippen LogP contribution in [-0.4, -0.2) is 88.1 Å². The van der Waals surface area contributed by atoms with Crippen LogP contribution >= 0.6 is 0 Å². The highest BCUT2D eigenvalue weighted by Gasteiger charge is 2.44. The van der Waals surface area contributed by atoms with Crippen molar-refractivity contribution in [3.05, 3.63) is 41.5 Å². The van der Waals surface area contributed by atoms with Gasteiger partial charge in [0.25, 0.3) is 11.7 Å². The first-order valence-electron chi connectivity index (χ1n) is 13.0. The predicted molar refractivity (Wildman–Crippen MR) is 143 cm³/mol. The minimum atomic E-state index is -0.710. The lowest BCUT2D eigenvalue weighted by atomic mass is 9.93. The average molecular weight is 541 g/mol. The zero-order chi connectivity index (χ0) is 28.1. The highest BCUT2D eigenvalue weighted by Crippen LogP contribution is 2.39. The first-order valence-corrected chi connectivity index (χ1v) is 13.0. The van der Waals surface area contributed by atoms with Crippen molar-refractivity contribution in [2.75, 3.05) is 48.6 Å². The molecule has 0 radical (unpaired) electrons. The third-order valence-electron chi connectivity index (χ3n) is 7.55. The number of ether oxygens (including phenoxy) is 5. The number of Topliss-reactive ketones (excluding diaryl/α,β-unsaturated/α-hetero) is 1. The summed E-state index contributed by atoms with van der Waals surface area (Å²) in [5, 5.41) is 0. The van der Waals surface area contributed by atoms with Crippen LogP contribution in [0.3, 0.4) is 0 Å². The van der Waals surface area contributed by atoms with Crippen molar-refractivity contribution < 1.29 is 38.1 Å². The van der Waals surface area contributed by atoms with E-state index < -0.39 is 17.7 Å². The molecule has 0 saturated carbocycles. The number of hydrogen-bond donors (Lipinski definition) is 0. The molecule has 0 unspecified atom stereocenters. The minimum absolute atomic E-state index is 0.120. The van der Waals surface area contributed by atoms with Crippen LogP contribution in [0.25, 0.3) is 0 Å². The fourth-order valence-corrected chi connectivity index (χ4v) is 5.51. The van der Waals surface area contributed by atoms with Gasteiger partial charge in [-0.25, -0.2) is 0 Å². The van der Waals surface area contributed by atoms with E-state index in [1.54, 1.807) is 14.2 Å². The van der Waals surface area contributed by atoms with Gasteiger partial charge >= 0.3 is 0 Å². The molecule has 0 spiro atoms. The molecule has 2 heterocycles. The molecule has 2 aromatic rings. The van der Waals surface area contributed by atoms with Gasteiger partial charge in [-0.3, -0.25) is 14.4 Å². The van der Waals surface area contributed by atoms with Crippen LogP contribution in [0, 0.1) is 0 Å². The van der Waals surface area contributed by atoms with Crippen molar-refractivity contribution in [2.24, 2.45) is 0 Å². The van der Waals surface area contributed by atoms with Gasteiger partial charge < -0.3 is 33.5 Å². The van der Waals surface area contributed by atoms with E-state index in [0.29, 0.717) is 49.6 Å². The molecule has 2 aliphatic rings. The van der Waals surface area contributed by atoms with Crippen molar-refractivity contribution in [2.45, 2.75) is 44.2 Å². The van der Waals surface area contributed by atoms with Gasteiger partial charge in [0.15, 0.2) is 23.0 Å². The minimum Gasteiger partial charge on any atom is -0.493 e. The summed E-state index contributed by atoms with van der Waals surface area (Å²) in [6, 6.07) is 7.78. The number of nitrogens with zero attached hydrogens (tertiary/aromatic N) is 2. The zero-order valence-corrected chi connectivity index (χ0v) is 23.2. The maximum Gasteiger partial charge on any atom is 0.295 e. The molecule has 2 saturated heterocycles. The summed E-state index contributed by atoms with van der Waals surface area (Å²) in [5.74, 6) is 0.649. The Morgan fingerprint density at radius 3 is 2.10 bits per heavy atom. The molecule has 2 aromatic carbocycles. The number of carbonyl (C=O) groups is 3. The molecular weight excluding hydrogens is 504 g/mol. The lowest BCUT2D eigenvalue weighted by molar-refractivity contribution is -0.145. The quantitative estimate of drug-likeness (QED) is 0.335. The highest BCUT2D eigenvalue weighted by molar-refractivity contribution is 6.43. The maximum absolute atomic E-state index is 13.7. The molecule has 10 heteroatoms. The van der Waals surface area contributed by atoms with E-state index in [1.165, 1.54) is 38.4 Å². The van der Waals surface area contributed by atoms with Crippen LogP contribution in [0.1, 0.15) is 41.6 Å². The summed E-state index contributed by atoms with van der Waals surface area (Å²) >= 11 is 0. The molecule has 2 atom stereocenters. The Morgan fingerprint density at radius 2 is 1.49 bits per heavy atom. The maximum atomic E-state index is 13.7. The topological polar surface area (TPSA) is 104 Å². The van der Waals surface area contributed by atoms with Crippen LogP contribution < -0.4 is 23.7 Å². The van der Waals surface area contributed by atoms with Crippen LogP contribution in [0.15, 0.2) is 30.3 Å². The molecule has 0 N–H and O–H groups in total. The lowest BCUT2D eigenvalue weighted by Gasteiger charge is -2.39. The number of fused-ring (bicyclic) bond motifs is 2. The van der Waals surface area contributed by atoms with E-state index >= 15 is 0 Å². The first-order chi connectivity index (χ1) is 18.9. The fourth-order valence-electron chi connectivity index (χ4n) is 5.51. The standard InChI is InChI=1S/C29H36N2O8/c1-35-22-10-9-18(15-23(22)36-2)11-13-30-14-12-20-7-6-8-21(28(30)33)31(20)29(34)26(32)19-16-24(37-3)27(39-5)25(17-19)38-4/h9-10,15-17,20-21H,6-8,11-14H2,1-5H3/t20-,21+/m1/s1. The first kappa shape index (κ1) is 28.1. The van der Waals surface area contributed by atoms with Gasteiger partial charge in [-0.05, 0) is 61.9 Å². The van der Waals surface area contributed by atoms with Crippen LogP contribution in [0.4, 0.5) is 0 Å². The Kier molecular flexibility index (Phi) is 8.83. The molecule has 2 fully saturated rings. The lowest BCUT2D eigenvalue weighted by Crippen LogP contribution is -2.55. The van der Waals surface area contributed by atoms with Gasteiger partial charge in [0.05, 0.1) is 35.5 Å². The second-order valence-electron chi connectivity index (χ2n) is 9.61. The number of rotatable bonds is 10. The average Bonchev–Trinajstić information content (AvgIpc) is 3.05. The molecular formula is C29H36N2O8. The van der Waals surface area contributed by atoms with Gasteiger partial charge in [0.2, 0.25) is 11.7 Å². The number of carbonyl (C=O) groups excluding carboxylic acids is 3. The summed E-state index contributed by atoms with van der Waals surface area (Å²) in [6.45, 7) is 1.02. The third kappa shape index (κ3) is 5.60. The summed E-state index contributed by atoms with van der Waals surface area (Å²) in [6.07, 6.45) is 3.34. The van der Waals surface area contributed by atoms with E-state index in [0.717, 1.165) is 18.4 Å². The summed E-state index contributed by atoms with van der Waals surface area (Å²) < 4.78 is 26.8. The van der Waals surface area contributed by atoms with Gasteiger partial charge in [-0.2, -0.15) is 0 Å². The molecule has 4 rings (SSSR count). The normalized spacial score (nSPS) is 18.7. The van der Waals surface area contributed by atoms with Crippen LogP contribution in [0.2, 0.25) is 0 Å². The van der Waals surface area contributed by atoms with Crippen LogP contribution in [-0.2, 0) is 16.0 Å². The highest BCUT2D eigenvalue weighted by atomic mass is 16.5. The van der Waals surface area contributed by atoms with Crippen LogP contribution in [0.5, 0.6) is 28.7 Å². The second kappa shape index (κ2) is 12.3. The zero-order valence-electron chi connectivity index (χ0n) is 23.2. The molecule has 2 aliphatic heterocycles. The van der Waals surface area contributed by atoms with Gasteiger partial charge in [0.1, 0.15) is 6.04 Å². The Hall–Kier alpha value is -3.95. The largest absolute Gasteiger partial charge is 0.493 e. The van der Waals surface area contributed by atoms with Gasteiger partial charge in [-0.15, -0.1) is 0 Å². The van der Waals surface area contributed by atoms with E-state index in [9.17, 15) is 14.4 Å². The molecule has 10 nitrogen and oxygen atoms in total. The van der Waals surface area contributed by atoms with E-state index in [4.69, 9.17) is 23.7 Å². The van der Waals surface area contributed by atoms with Crippen molar-refractivity contribution in [1.29, 1.82) is 0 Å². The number of piperidine rings is 1. The SMILES string of the molecule is COc1ccc(CCN2CC[C@H]3CCC[C@@H](C2=O)N3C(=O)C(=O)c2cc(OC)c(OC)c(OC)c2)cc1OC. The van der Waals surface area contributed by atoms with Crippen molar-refractivity contribution >= 4 is 17.6 Å². The molecule has 39 heavy (non-hydrogen) atoms. The van der Waals surface area contributed by atoms with Crippen molar-refractivity contribution in [1.82, 2.24) is 9.80 Å². The number of methoxy groups -OCH3 is 5. The number of hydrogen-bond acceptors (Lipinski definition) is 8. The summed E-state index contributed by atoms with van der Waals surface area (Å²) in [7, 11) is 7.54. The fraction of sp³-hybridized carbons (Fsp3) is 0.483. The molecule has 210 valence electrons.